The summed E-state index contributed by atoms with van der Waals surface area (Å²) >= 11 is 1.46. The van der Waals surface area contributed by atoms with E-state index in [4.69, 9.17) is 9.15 Å². The molecule has 8 heteroatoms. The van der Waals surface area contributed by atoms with Crippen LogP contribution in [0.2, 0.25) is 0 Å². The summed E-state index contributed by atoms with van der Waals surface area (Å²) in [7, 11) is 0. The van der Waals surface area contributed by atoms with Gasteiger partial charge >= 0.3 is 0 Å². The third-order valence-corrected chi connectivity index (χ3v) is 7.45. The fourth-order valence-electron chi connectivity index (χ4n) is 4.56. The zero-order valence-corrected chi connectivity index (χ0v) is 18.7. The highest BCUT2D eigenvalue weighted by Gasteiger charge is 2.28. The SMILES string of the molecule is Cc1c(C(=O)Nc2sc3c(c2C(=O)NC[C@@H]2CCCO2)CCCC3)oc2ccc(F)cc12. The van der Waals surface area contributed by atoms with Gasteiger partial charge in [0, 0.05) is 29.0 Å². The van der Waals surface area contributed by atoms with E-state index >= 15 is 0 Å². The lowest BCUT2D eigenvalue weighted by molar-refractivity contribution is 0.0858. The number of fused-ring (bicyclic) bond motifs is 2. The van der Waals surface area contributed by atoms with Gasteiger partial charge < -0.3 is 19.8 Å². The molecule has 0 unspecified atom stereocenters. The first-order valence-electron chi connectivity index (χ1n) is 11.1. The average molecular weight is 457 g/mol. The standard InChI is InChI=1S/C24H25FN2O4S/c1-13-17-11-14(25)8-9-18(17)31-21(13)23(29)27-24-20(16-6-2-3-7-19(16)32-24)22(28)26-12-15-5-4-10-30-15/h8-9,11,15H,2-7,10,12H2,1H3,(H,26,28)(H,27,29)/t15-/m0/s1. The van der Waals surface area contributed by atoms with Gasteiger partial charge in [-0.25, -0.2) is 4.39 Å². The zero-order chi connectivity index (χ0) is 22.2. The van der Waals surface area contributed by atoms with Gasteiger partial charge in [0.25, 0.3) is 11.8 Å². The molecule has 0 saturated carbocycles. The van der Waals surface area contributed by atoms with Crippen molar-refractivity contribution >= 4 is 39.1 Å². The lowest BCUT2D eigenvalue weighted by atomic mass is 9.95. The molecule has 2 amide bonds. The molecule has 2 aliphatic rings. The molecule has 0 spiro atoms. The molecule has 2 aromatic heterocycles. The van der Waals surface area contributed by atoms with Gasteiger partial charge in [0.15, 0.2) is 5.76 Å². The topological polar surface area (TPSA) is 80.6 Å². The highest BCUT2D eigenvalue weighted by molar-refractivity contribution is 7.17. The van der Waals surface area contributed by atoms with Crippen LogP contribution in [0.1, 0.15) is 62.6 Å². The van der Waals surface area contributed by atoms with Crippen molar-refractivity contribution in [2.45, 2.75) is 51.6 Å². The molecule has 3 aromatic rings. The summed E-state index contributed by atoms with van der Waals surface area (Å²) in [6, 6.07) is 4.18. The quantitative estimate of drug-likeness (QED) is 0.567. The van der Waals surface area contributed by atoms with Gasteiger partial charge in [-0.1, -0.05) is 0 Å². The first kappa shape index (κ1) is 21.2. The van der Waals surface area contributed by atoms with E-state index in [2.05, 4.69) is 10.6 Å². The van der Waals surface area contributed by atoms with Crippen LogP contribution in [0.5, 0.6) is 0 Å². The Morgan fingerprint density at radius 2 is 2.03 bits per heavy atom. The molecule has 32 heavy (non-hydrogen) atoms. The molecule has 1 aromatic carbocycles. The van der Waals surface area contributed by atoms with Crippen LogP contribution in [-0.4, -0.2) is 31.1 Å². The summed E-state index contributed by atoms with van der Waals surface area (Å²) in [6.07, 6.45) is 5.83. The minimum absolute atomic E-state index is 0.0463. The van der Waals surface area contributed by atoms with Gasteiger partial charge in [0.05, 0.1) is 11.7 Å². The van der Waals surface area contributed by atoms with Crippen LogP contribution in [0.25, 0.3) is 11.0 Å². The molecule has 1 aliphatic heterocycles. The first-order chi connectivity index (χ1) is 15.5. The number of halogens is 1. The molecule has 3 heterocycles. The average Bonchev–Trinajstić information content (AvgIpc) is 3.50. The Balaban J connectivity index is 1.43. The fraction of sp³-hybridized carbons (Fsp3) is 0.417. The monoisotopic (exact) mass is 456 g/mol. The predicted molar refractivity (Wildman–Crippen MR) is 121 cm³/mol. The number of carbonyl (C=O) groups excluding carboxylic acids is 2. The second-order valence-corrected chi connectivity index (χ2v) is 9.52. The van der Waals surface area contributed by atoms with Crippen LogP contribution < -0.4 is 10.6 Å². The highest BCUT2D eigenvalue weighted by atomic mass is 32.1. The largest absolute Gasteiger partial charge is 0.451 e. The van der Waals surface area contributed by atoms with E-state index in [0.29, 0.717) is 33.6 Å². The van der Waals surface area contributed by atoms with E-state index in [1.807, 2.05) is 0 Å². The number of furan rings is 1. The van der Waals surface area contributed by atoms with Gasteiger partial charge in [-0.15, -0.1) is 11.3 Å². The smallest absolute Gasteiger partial charge is 0.292 e. The van der Waals surface area contributed by atoms with E-state index in [9.17, 15) is 14.0 Å². The molecule has 0 radical (unpaired) electrons. The number of thiophene rings is 1. The summed E-state index contributed by atoms with van der Waals surface area (Å²) in [6.45, 7) is 2.93. The number of hydrogen-bond donors (Lipinski definition) is 2. The summed E-state index contributed by atoms with van der Waals surface area (Å²) in [5.74, 6) is -0.878. The van der Waals surface area contributed by atoms with Crippen molar-refractivity contribution in [3.63, 3.8) is 0 Å². The van der Waals surface area contributed by atoms with Crippen molar-refractivity contribution in [2.75, 3.05) is 18.5 Å². The van der Waals surface area contributed by atoms with E-state index in [1.54, 1.807) is 6.92 Å². The third kappa shape index (κ3) is 3.93. The number of carbonyl (C=O) groups is 2. The van der Waals surface area contributed by atoms with E-state index in [1.165, 1.54) is 29.5 Å². The Kier molecular flexibility index (Phi) is 5.73. The predicted octanol–water partition coefficient (Wildman–Crippen LogP) is 4.98. The number of nitrogens with one attached hydrogen (secondary N) is 2. The van der Waals surface area contributed by atoms with Crippen LogP contribution in [0.15, 0.2) is 22.6 Å². The Morgan fingerprint density at radius 1 is 1.19 bits per heavy atom. The highest BCUT2D eigenvalue weighted by Crippen LogP contribution is 2.39. The molecular weight excluding hydrogens is 431 g/mol. The molecular formula is C24H25FN2O4S. The molecule has 5 rings (SSSR count). The summed E-state index contributed by atoms with van der Waals surface area (Å²) < 4.78 is 25.0. The number of benzene rings is 1. The van der Waals surface area contributed by atoms with Gasteiger partial charge in [0.1, 0.15) is 16.4 Å². The minimum atomic E-state index is -0.439. The molecule has 1 aliphatic carbocycles. The van der Waals surface area contributed by atoms with Crippen LogP contribution in [0.4, 0.5) is 9.39 Å². The minimum Gasteiger partial charge on any atom is -0.451 e. The number of aryl methyl sites for hydroxylation is 2. The van der Waals surface area contributed by atoms with Crippen molar-refractivity contribution in [3.8, 4) is 0 Å². The van der Waals surface area contributed by atoms with Gasteiger partial charge in [-0.2, -0.15) is 0 Å². The van der Waals surface area contributed by atoms with Crippen molar-refractivity contribution in [1.82, 2.24) is 5.32 Å². The van der Waals surface area contributed by atoms with Gasteiger partial charge in [0.2, 0.25) is 0 Å². The summed E-state index contributed by atoms with van der Waals surface area (Å²) in [4.78, 5) is 27.4. The first-order valence-corrected chi connectivity index (χ1v) is 11.9. The number of rotatable bonds is 5. The maximum Gasteiger partial charge on any atom is 0.292 e. The molecule has 1 fully saturated rings. The lowest BCUT2D eigenvalue weighted by Gasteiger charge is -2.15. The molecule has 1 atom stereocenters. The molecule has 6 nitrogen and oxygen atoms in total. The Hall–Kier alpha value is -2.71. The van der Waals surface area contributed by atoms with Crippen LogP contribution in [0.3, 0.4) is 0 Å². The van der Waals surface area contributed by atoms with Crippen molar-refractivity contribution < 1.29 is 23.1 Å². The Morgan fingerprint density at radius 3 is 2.84 bits per heavy atom. The second-order valence-electron chi connectivity index (χ2n) is 8.41. The molecule has 168 valence electrons. The van der Waals surface area contributed by atoms with E-state index in [0.717, 1.165) is 55.6 Å². The van der Waals surface area contributed by atoms with E-state index in [-0.39, 0.29) is 23.6 Å². The summed E-state index contributed by atoms with van der Waals surface area (Å²) in [5, 5.41) is 7.01. The Labute approximate surface area is 189 Å². The third-order valence-electron chi connectivity index (χ3n) is 6.24. The van der Waals surface area contributed by atoms with Gasteiger partial charge in [-0.05, 0) is 69.2 Å². The normalized spacial score (nSPS) is 18.0. The molecule has 1 saturated heterocycles. The fourth-order valence-corrected chi connectivity index (χ4v) is 5.85. The van der Waals surface area contributed by atoms with Gasteiger partial charge in [-0.3, -0.25) is 9.59 Å². The number of hydrogen-bond acceptors (Lipinski definition) is 5. The number of ether oxygens (including phenoxy) is 1. The zero-order valence-electron chi connectivity index (χ0n) is 17.9. The van der Waals surface area contributed by atoms with Crippen LogP contribution >= 0.6 is 11.3 Å². The van der Waals surface area contributed by atoms with Crippen LogP contribution in [-0.2, 0) is 17.6 Å². The molecule has 0 bridgehead atoms. The number of amides is 2. The Bertz CT molecular complexity index is 1190. The number of anilines is 1. The van der Waals surface area contributed by atoms with Crippen molar-refractivity contribution in [2.24, 2.45) is 0 Å². The molecule has 2 N–H and O–H groups in total. The van der Waals surface area contributed by atoms with Crippen molar-refractivity contribution in [3.05, 3.63) is 51.3 Å². The maximum absolute atomic E-state index is 13.6. The van der Waals surface area contributed by atoms with Crippen LogP contribution in [0, 0.1) is 12.7 Å². The summed E-state index contributed by atoms with van der Waals surface area (Å²) in [5.41, 5.74) is 2.61. The second kappa shape index (κ2) is 8.67. The maximum atomic E-state index is 13.6. The van der Waals surface area contributed by atoms with E-state index < -0.39 is 5.91 Å². The van der Waals surface area contributed by atoms with Crippen molar-refractivity contribution in [1.29, 1.82) is 0 Å². The lowest BCUT2D eigenvalue weighted by Crippen LogP contribution is -2.32.